The number of carbonyl (C=O) groups excluding carboxylic acids is 2. The van der Waals surface area contributed by atoms with Crippen molar-refractivity contribution in [2.24, 2.45) is 13.0 Å². The number of nitrogens with one attached hydrogen (secondary N) is 1. The number of hydrogen-bond acceptors (Lipinski definition) is 6. The van der Waals surface area contributed by atoms with Gasteiger partial charge in [-0.1, -0.05) is 20.3 Å². The molecule has 0 saturated heterocycles. The Kier molecular flexibility index (Phi) is 6.02. The van der Waals surface area contributed by atoms with E-state index in [-0.39, 0.29) is 23.6 Å². The minimum Gasteiger partial charge on any atom is -0.453 e. The van der Waals surface area contributed by atoms with Crippen molar-refractivity contribution in [3.63, 3.8) is 0 Å². The van der Waals surface area contributed by atoms with Crippen LogP contribution in [-0.2, 0) is 24.8 Å². The number of fused-ring (bicyclic) bond motifs is 1. The van der Waals surface area contributed by atoms with Crippen molar-refractivity contribution >= 4 is 33.3 Å². The highest BCUT2D eigenvalue weighted by Crippen LogP contribution is 2.29. The van der Waals surface area contributed by atoms with E-state index >= 15 is 0 Å². The Morgan fingerprint density at radius 3 is 2.72 bits per heavy atom. The number of ketones is 1. The molecule has 1 N–H and O–H groups in total. The summed E-state index contributed by atoms with van der Waals surface area (Å²) >= 11 is 1.49. The molecule has 3 heterocycles. The molecule has 0 aliphatic rings. The zero-order valence-corrected chi connectivity index (χ0v) is 18.1. The molecule has 0 amide bonds. The number of hydrogen-bond donors (Lipinski definition) is 1. The van der Waals surface area contributed by atoms with Crippen LogP contribution in [0.5, 0.6) is 0 Å². The third kappa shape index (κ3) is 4.32. The van der Waals surface area contributed by atoms with Crippen LogP contribution in [0.15, 0.2) is 17.1 Å². The molecule has 7 nitrogen and oxygen atoms in total. The fourth-order valence-electron chi connectivity index (χ4n) is 3.19. The Bertz CT molecular complexity index is 1140. The molecule has 1 atom stereocenters. The van der Waals surface area contributed by atoms with Gasteiger partial charge < -0.3 is 14.3 Å². The SMILES string of the molecule is CC[C@@H](C)Cc1c(C)sc2nc(COC(=O)c3cc(C(C)=O)cn3C)[nH]c(=O)c12. The number of thiophene rings is 1. The van der Waals surface area contributed by atoms with Crippen LogP contribution < -0.4 is 5.56 Å². The normalized spacial score (nSPS) is 12.3. The fourth-order valence-corrected chi connectivity index (χ4v) is 4.27. The van der Waals surface area contributed by atoms with Crippen molar-refractivity contribution in [3.05, 3.63) is 50.1 Å². The predicted molar refractivity (Wildman–Crippen MR) is 113 cm³/mol. The van der Waals surface area contributed by atoms with Crippen LogP contribution in [0.3, 0.4) is 0 Å². The number of aromatic nitrogens is 3. The number of esters is 1. The predicted octanol–water partition coefficient (Wildman–Crippen LogP) is 3.78. The van der Waals surface area contributed by atoms with E-state index in [1.165, 1.54) is 24.3 Å². The van der Waals surface area contributed by atoms with Gasteiger partial charge in [0.05, 0.1) is 5.39 Å². The van der Waals surface area contributed by atoms with E-state index in [4.69, 9.17) is 4.74 Å². The van der Waals surface area contributed by atoms with Gasteiger partial charge in [-0.15, -0.1) is 11.3 Å². The van der Waals surface area contributed by atoms with Crippen molar-refractivity contribution < 1.29 is 14.3 Å². The second-order valence-electron chi connectivity index (χ2n) is 7.40. The molecule has 0 aliphatic heterocycles. The highest BCUT2D eigenvalue weighted by molar-refractivity contribution is 7.18. The zero-order valence-electron chi connectivity index (χ0n) is 17.3. The lowest BCUT2D eigenvalue weighted by Gasteiger charge is -2.08. The Morgan fingerprint density at radius 2 is 2.10 bits per heavy atom. The molecule has 154 valence electrons. The number of Topliss-reactive ketones (excluding diaryl/α,β-unsaturated/α-hetero) is 1. The van der Waals surface area contributed by atoms with Crippen LogP contribution in [0.25, 0.3) is 10.2 Å². The highest BCUT2D eigenvalue weighted by atomic mass is 32.1. The Hall–Kier alpha value is -2.74. The van der Waals surface area contributed by atoms with Crippen molar-refractivity contribution in [3.8, 4) is 0 Å². The van der Waals surface area contributed by atoms with Crippen LogP contribution >= 0.6 is 11.3 Å². The maximum Gasteiger partial charge on any atom is 0.355 e. The average molecular weight is 416 g/mol. The molecule has 0 fully saturated rings. The zero-order chi connectivity index (χ0) is 21.3. The standard InChI is InChI=1S/C21H25N3O4S/c1-6-11(2)7-15-13(4)29-20-18(15)19(26)22-17(23-20)10-28-21(27)16-8-14(12(3)25)9-24(16)5/h8-9,11H,6-7,10H2,1-5H3,(H,22,23,26)/t11-/m1/s1. The molecule has 0 unspecified atom stereocenters. The van der Waals surface area contributed by atoms with Gasteiger partial charge in [-0.2, -0.15) is 0 Å². The van der Waals surface area contributed by atoms with Gasteiger partial charge in [-0.25, -0.2) is 9.78 Å². The monoisotopic (exact) mass is 415 g/mol. The third-order valence-electron chi connectivity index (χ3n) is 5.12. The van der Waals surface area contributed by atoms with E-state index in [1.807, 2.05) is 6.92 Å². The van der Waals surface area contributed by atoms with Gasteiger partial charge >= 0.3 is 5.97 Å². The second-order valence-corrected chi connectivity index (χ2v) is 8.61. The summed E-state index contributed by atoms with van der Waals surface area (Å²) in [7, 11) is 1.67. The molecule has 3 aromatic heterocycles. The summed E-state index contributed by atoms with van der Waals surface area (Å²) in [6, 6.07) is 1.49. The minimum absolute atomic E-state index is 0.127. The Balaban J connectivity index is 1.82. The first-order valence-corrected chi connectivity index (χ1v) is 10.4. The van der Waals surface area contributed by atoms with Gasteiger partial charge in [0.15, 0.2) is 5.78 Å². The molecule has 8 heteroatoms. The number of aryl methyl sites for hydroxylation is 2. The van der Waals surface area contributed by atoms with Crippen LogP contribution in [0.1, 0.15) is 64.3 Å². The summed E-state index contributed by atoms with van der Waals surface area (Å²) in [6.45, 7) is 7.59. The largest absolute Gasteiger partial charge is 0.453 e. The highest BCUT2D eigenvalue weighted by Gasteiger charge is 2.19. The number of carbonyl (C=O) groups is 2. The van der Waals surface area contributed by atoms with Crippen LogP contribution in [0.4, 0.5) is 0 Å². The number of ether oxygens (including phenoxy) is 1. The van der Waals surface area contributed by atoms with Gasteiger partial charge in [0.1, 0.15) is 23.0 Å². The molecule has 0 aromatic carbocycles. The second kappa shape index (κ2) is 8.32. The smallest absolute Gasteiger partial charge is 0.355 e. The summed E-state index contributed by atoms with van der Waals surface area (Å²) in [5.41, 5.74) is 1.55. The molecule has 3 rings (SSSR count). The van der Waals surface area contributed by atoms with E-state index in [9.17, 15) is 14.4 Å². The van der Waals surface area contributed by atoms with E-state index in [2.05, 4.69) is 23.8 Å². The van der Waals surface area contributed by atoms with E-state index in [0.717, 1.165) is 23.3 Å². The minimum atomic E-state index is -0.581. The lowest BCUT2D eigenvalue weighted by molar-refractivity contribution is 0.0451. The molecule has 0 bridgehead atoms. The van der Waals surface area contributed by atoms with E-state index < -0.39 is 5.97 Å². The molecule has 0 saturated carbocycles. The molecular formula is C21H25N3O4S. The topological polar surface area (TPSA) is 94.0 Å². The number of aromatic amines is 1. The van der Waals surface area contributed by atoms with Gasteiger partial charge in [-0.3, -0.25) is 9.59 Å². The number of H-pyrrole nitrogens is 1. The average Bonchev–Trinajstić information content (AvgIpc) is 3.20. The summed E-state index contributed by atoms with van der Waals surface area (Å²) in [6.07, 6.45) is 3.46. The molecule has 0 spiro atoms. The first-order chi connectivity index (χ1) is 13.7. The quantitative estimate of drug-likeness (QED) is 0.468. The van der Waals surface area contributed by atoms with Crippen molar-refractivity contribution in [1.82, 2.24) is 14.5 Å². The van der Waals surface area contributed by atoms with Crippen LogP contribution in [0, 0.1) is 12.8 Å². The van der Waals surface area contributed by atoms with Crippen molar-refractivity contribution in [2.75, 3.05) is 0 Å². The summed E-state index contributed by atoms with van der Waals surface area (Å²) in [5, 5.41) is 0.636. The maximum absolute atomic E-state index is 12.7. The van der Waals surface area contributed by atoms with Gasteiger partial charge in [0.2, 0.25) is 0 Å². The number of rotatable bonds is 7. The van der Waals surface area contributed by atoms with Gasteiger partial charge in [0.25, 0.3) is 5.56 Å². The van der Waals surface area contributed by atoms with Crippen LogP contribution in [-0.4, -0.2) is 26.3 Å². The third-order valence-corrected chi connectivity index (χ3v) is 6.16. The van der Waals surface area contributed by atoms with Crippen molar-refractivity contribution in [2.45, 2.75) is 47.1 Å². The first kappa shape index (κ1) is 21.0. The summed E-state index contributed by atoms with van der Waals surface area (Å²) in [5.74, 6) is 0.0739. The Labute approximate surface area is 172 Å². The van der Waals surface area contributed by atoms with E-state index in [1.54, 1.807) is 17.8 Å². The Morgan fingerprint density at radius 1 is 1.38 bits per heavy atom. The first-order valence-electron chi connectivity index (χ1n) is 9.56. The molecule has 3 aromatic rings. The van der Waals surface area contributed by atoms with E-state index in [0.29, 0.717) is 27.5 Å². The fraction of sp³-hybridized carbons (Fsp3) is 0.429. The van der Waals surface area contributed by atoms with Gasteiger partial charge in [-0.05, 0) is 37.8 Å². The number of nitrogens with zero attached hydrogens (tertiary/aromatic N) is 2. The molecule has 0 radical (unpaired) electrons. The summed E-state index contributed by atoms with van der Waals surface area (Å²) in [4.78, 5) is 45.5. The van der Waals surface area contributed by atoms with Crippen molar-refractivity contribution in [1.29, 1.82) is 0 Å². The molecular weight excluding hydrogens is 390 g/mol. The lowest BCUT2D eigenvalue weighted by Crippen LogP contribution is -2.16. The van der Waals surface area contributed by atoms with Crippen LogP contribution in [0.2, 0.25) is 0 Å². The lowest BCUT2D eigenvalue weighted by atomic mass is 9.98. The molecule has 29 heavy (non-hydrogen) atoms. The molecule has 0 aliphatic carbocycles. The summed E-state index contributed by atoms with van der Waals surface area (Å²) < 4.78 is 6.86. The van der Waals surface area contributed by atoms with Gasteiger partial charge in [0, 0.05) is 23.7 Å². The maximum atomic E-state index is 12.7.